The van der Waals surface area contributed by atoms with E-state index in [-0.39, 0.29) is 0 Å². The Morgan fingerprint density at radius 1 is 1.22 bits per heavy atom. The zero-order chi connectivity index (χ0) is 23.3. The minimum atomic E-state index is -0.883. The number of morpholine rings is 1. The van der Waals surface area contributed by atoms with E-state index in [1.807, 2.05) is 43.0 Å². The summed E-state index contributed by atoms with van der Waals surface area (Å²) in [7, 11) is 0. The number of hydrogen-bond acceptors (Lipinski definition) is 6. The largest absolute Gasteiger partial charge is 0.411 e. The van der Waals surface area contributed by atoms with Crippen molar-refractivity contribution in [2.24, 2.45) is 5.16 Å². The number of ether oxygens (including phenoxy) is 1. The van der Waals surface area contributed by atoms with Crippen molar-refractivity contribution in [3.05, 3.63) is 64.2 Å². The molecule has 32 heavy (non-hydrogen) atoms. The Labute approximate surface area is 192 Å². The first-order valence-corrected chi connectivity index (χ1v) is 10.8. The second-order valence-corrected chi connectivity index (χ2v) is 8.64. The molecule has 8 nitrogen and oxygen atoms in total. The average Bonchev–Trinajstić information content (AvgIpc) is 2.79. The second kappa shape index (κ2) is 10.3. The van der Waals surface area contributed by atoms with Crippen LogP contribution in [0.25, 0.3) is 0 Å². The van der Waals surface area contributed by atoms with Gasteiger partial charge in [-0.3, -0.25) is 4.90 Å². The van der Waals surface area contributed by atoms with E-state index in [0.29, 0.717) is 48.3 Å². The van der Waals surface area contributed by atoms with Crippen LogP contribution in [0.1, 0.15) is 43.7 Å². The van der Waals surface area contributed by atoms with Crippen LogP contribution in [0, 0.1) is 0 Å². The molecule has 0 saturated carbocycles. The molecule has 1 atom stereocenters. The van der Waals surface area contributed by atoms with E-state index in [1.54, 1.807) is 25.1 Å². The molecule has 9 heteroatoms. The van der Waals surface area contributed by atoms with Crippen LogP contribution in [-0.4, -0.2) is 53.3 Å². The Morgan fingerprint density at radius 3 is 2.62 bits per heavy atom. The molecule has 1 unspecified atom stereocenters. The Hall–Kier alpha value is -2.65. The number of carbonyl (C=O) groups is 1. The van der Waals surface area contributed by atoms with Crippen molar-refractivity contribution >= 4 is 29.0 Å². The molecule has 0 aromatic heterocycles. The fourth-order valence-electron chi connectivity index (χ4n) is 3.55. The number of nitrogens with zero attached hydrogens (tertiary/aromatic N) is 2. The van der Waals surface area contributed by atoms with E-state index in [1.165, 1.54) is 0 Å². The molecule has 1 saturated heterocycles. The number of hydrogen-bond donors (Lipinski definition) is 4. The summed E-state index contributed by atoms with van der Waals surface area (Å²) < 4.78 is 5.33. The normalized spacial score (nSPS) is 16.5. The number of anilines is 1. The van der Waals surface area contributed by atoms with Gasteiger partial charge in [0, 0.05) is 29.4 Å². The third-order valence-corrected chi connectivity index (χ3v) is 5.85. The number of benzene rings is 2. The monoisotopic (exact) mass is 460 g/mol. The van der Waals surface area contributed by atoms with Gasteiger partial charge in [0.25, 0.3) is 0 Å². The van der Waals surface area contributed by atoms with Gasteiger partial charge in [-0.15, -0.1) is 0 Å². The number of aliphatic hydroxyl groups excluding tert-OH is 1. The number of nitrogens with one attached hydrogen (secondary N) is 2. The summed E-state index contributed by atoms with van der Waals surface area (Å²) in [6, 6.07) is 12.1. The number of amides is 2. The quantitative estimate of drug-likeness (QED) is 0.297. The van der Waals surface area contributed by atoms with Crippen molar-refractivity contribution in [3.8, 4) is 0 Å². The first kappa shape index (κ1) is 24.0. The highest BCUT2D eigenvalue weighted by molar-refractivity contribution is 6.31. The number of carbonyl (C=O) groups excluding carboxylic acids is 1. The van der Waals surface area contributed by atoms with Gasteiger partial charge in [0.05, 0.1) is 24.5 Å². The summed E-state index contributed by atoms with van der Waals surface area (Å²) in [5.74, 6) is 0. The minimum Gasteiger partial charge on any atom is -0.411 e. The van der Waals surface area contributed by atoms with Gasteiger partial charge < -0.3 is 25.7 Å². The SMILES string of the molecule is C/C(=N\O)c1cccc(C(C)(C)NC(=O)Nc2ccc(Cl)c(C(O)N3CCOCC3)c2)c1. The van der Waals surface area contributed by atoms with Gasteiger partial charge in [-0.25, -0.2) is 4.79 Å². The molecule has 0 bridgehead atoms. The van der Waals surface area contributed by atoms with Gasteiger partial charge in [-0.1, -0.05) is 35.0 Å². The van der Waals surface area contributed by atoms with Gasteiger partial charge in [0.1, 0.15) is 6.23 Å². The molecule has 2 amide bonds. The number of halogens is 1. The third kappa shape index (κ3) is 5.77. The van der Waals surface area contributed by atoms with Crippen molar-refractivity contribution in [2.45, 2.75) is 32.5 Å². The van der Waals surface area contributed by atoms with E-state index in [0.717, 1.165) is 11.1 Å². The lowest BCUT2D eigenvalue weighted by Gasteiger charge is -2.32. The fourth-order valence-corrected chi connectivity index (χ4v) is 3.76. The van der Waals surface area contributed by atoms with Gasteiger partial charge in [-0.2, -0.15) is 0 Å². The lowest BCUT2D eigenvalue weighted by atomic mass is 9.92. The van der Waals surface area contributed by atoms with Crippen molar-refractivity contribution in [2.75, 3.05) is 31.6 Å². The standard InChI is InChI=1S/C23H29ClN4O4/c1-15(27-31)16-5-4-6-17(13-16)23(2,3)26-22(30)25-18-7-8-20(24)19(14-18)21(29)28-9-11-32-12-10-28/h4-8,13-14,21,29,31H,9-12H2,1-3H3,(H2,25,26,30)/b27-15+. The fraction of sp³-hybridized carbons (Fsp3) is 0.391. The van der Waals surface area contributed by atoms with Crippen LogP contribution in [0.3, 0.4) is 0 Å². The summed E-state index contributed by atoms with van der Waals surface area (Å²) in [5.41, 5.74) is 2.45. The van der Waals surface area contributed by atoms with E-state index >= 15 is 0 Å². The summed E-state index contributed by atoms with van der Waals surface area (Å²) >= 11 is 6.31. The highest BCUT2D eigenvalue weighted by Gasteiger charge is 2.25. The van der Waals surface area contributed by atoms with E-state index in [4.69, 9.17) is 21.5 Å². The molecule has 2 aromatic rings. The first-order chi connectivity index (χ1) is 15.2. The van der Waals surface area contributed by atoms with E-state index < -0.39 is 17.8 Å². The van der Waals surface area contributed by atoms with E-state index in [2.05, 4.69) is 15.8 Å². The molecular weight excluding hydrogens is 432 g/mol. The lowest BCUT2D eigenvalue weighted by Crippen LogP contribution is -2.43. The Kier molecular flexibility index (Phi) is 7.73. The van der Waals surface area contributed by atoms with Gasteiger partial charge in [-0.05, 0) is 56.2 Å². The van der Waals surface area contributed by atoms with Crippen LogP contribution < -0.4 is 10.6 Å². The van der Waals surface area contributed by atoms with Crippen LogP contribution in [0.2, 0.25) is 5.02 Å². The van der Waals surface area contributed by atoms with Crippen molar-refractivity contribution in [1.82, 2.24) is 10.2 Å². The number of oxime groups is 1. The molecule has 1 aliphatic rings. The predicted octanol–water partition coefficient (Wildman–Crippen LogP) is 3.92. The Balaban J connectivity index is 1.71. The van der Waals surface area contributed by atoms with Gasteiger partial charge >= 0.3 is 6.03 Å². The number of rotatable bonds is 6. The lowest BCUT2D eigenvalue weighted by molar-refractivity contribution is -0.0602. The zero-order valence-corrected chi connectivity index (χ0v) is 19.2. The molecule has 0 aliphatic carbocycles. The van der Waals surface area contributed by atoms with Crippen LogP contribution in [0.5, 0.6) is 0 Å². The maximum Gasteiger partial charge on any atom is 0.319 e. The van der Waals surface area contributed by atoms with Crippen LogP contribution >= 0.6 is 11.6 Å². The molecule has 1 fully saturated rings. The Morgan fingerprint density at radius 2 is 1.94 bits per heavy atom. The highest BCUT2D eigenvalue weighted by Crippen LogP contribution is 2.29. The maximum atomic E-state index is 12.7. The molecule has 3 rings (SSSR count). The summed E-state index contributed by atoms with van der Waals surface area (Å²) in [4.78, 5) is 14.6. The molecule has 4 N–H and O–H groups in total. The maximum absolute atomic E-state index is 12.7. The van der Waals surface area contributed by atoms with Crippen LogP contribution in [-0.2, 0) is 10.3 Å². The topological polar surface area (TPSA) is 106 Å². The molecular formula is C23H29ClN4O4. The predicted molar refractivity (Wildman–Crippen MR) is 124 cm³/mol. The minimum absolute atomic E-state index is 0.401. The highest BCUT2D eigenvalue weighted by atomic mass is 35.5. The summed E-state index contributed by atoms with van der Waals surface area (Å²) in [6.07, 6.45) is -0.883. The molecule has 172 valence electrons. The number of aliphatic hydroxyl groups is 1. The summed E-state index contributed by atoms with van der Waals surface area (Å²) in [6.45, 7) is 7.77. The second-order valence-electron chi connectivity index (χ2n) is 8.23. The van der Waals surface area contributed by atoms with E-state index in [9.17, 15) is 9.90 Å². The van der Waals surface area contributed by atoms with Crippen molar-refractivity contribution in [3.63, 3.8) is 0 Å². The molecule has 2 aromatic carbocycles. The average molecular weight is 461 g/mol. The molecule has 0 radical (unpaired) electrons. The smallest absolute Gasteiger partial charge is 0.319 e. The van der Waals surface area contributed by atoms with Gasteiger partial charge in [0.15, 0.2) is 0 Å². The molecule has 1 aliphatic heterocycles. The molecule has 1 heterocycles. The van der Waals surface area contributed by atoms with Crippen LogP contribution in [0.4, 0.5) is 10.5 Å². The number of urea groups is 1. The third-order valence-electron chi connectivity index (χ3n) is 5.50. The van der Waals surface area contributed by atoms with Crippen molar-refractivity contribution < 1.29 is 19.8 Å². The Bertz CT molecular complexity index is 990. The summed E-state index contributed by atoms with van der Waals surface area (Å²) in [5, 5.41) is 29.2. The van der Waals surface area contributed by atoms with Crippen LogP contribution in [0.15, 0.2) is 47.6 Å². The first-order valence-electron chi connectivity index (χ1n) is 10.4. The molecule has 0 spiro atoms. The van der Waals surface area contributed by atoms with Gasteiger partial charge in [0.2, 0.25) is 0 Å². The van der Waals surface area contributed by atoms with Crippen molar-refractivity contribution in [1.29, 1.82) is 0 Å². The zero-order valence-electron chi connectivity index (χ0n) is 18.4.